The fourth-order valence-electron chi connectivity index (χ4n) is 2.45. The summed E-state index contributed by atoms with van der Waals surface area (Å²) in [5.41, 5.74) is 1.47. The molecule has 3 rings (SSSR count). The number of nitrogens with zero attached hydrogens (tertiary/aromatic N) is 1. The molecule has 94 valence electrons. The van der Waals surface area contributed by atoms with Gasteiger partial charge in [-0.05, 0) is 25.0 Å². The van der Waals surface area contributed by atoms with Crippen molar-refractivity contribution in [1.29, 1.82) is 0 Å². The van der Waals surface area contributed by atoms with E-state index >= 15 is 0 Å². The lowest BCUT2D eigenvalue weighted by atomic mass is 10.0. The second-order valence-electron chi connectivity index (χ2n) is 4.60. The molecule has 0 unspecified atom stereocenters. The van der Waals surface area contributed by atoms with Crippen molar-refractivity contribution in [2.75, 3.05) is 25.6 Å². The van der Waals surface area contributed by atoms with Crippen molar-refractivity contribution in [2.45, 2.75) is 12.8 Å². The van der Waals surface area contributed by atoms with E-state index in [1.165, 1.54) is 0 Å². The molecule has 1 aliphatic rings. The molecule has 2 aromatic rings. The van der Waals surface area contributed by atoms with Crippen molar-refractivity contribution in [3.05, 3.63) is 34.0 Å². The Morgan fingerprint density at radius 1 is 1.39 bits per heavy atom. The van der Waals surface area contributed by atoms with E-state index in [0.29, 0.717) is 22.6 Å². The lowest BCUT2D eigenvalue weighted by Crippen LogP contribution is -2.28. The summed E-state index contributed by atoms with van der Waals surface area (Å²) >= 11 is 0. The fourth-order valence-corrected chi connectivity index (χ4v) is 2.45. The molecule has 0 spiro atoms. The highest BCUT2D eigenvalue weighted by Gasteiger charge is 2.21. The predicted molar refractivity (Wildman–Crippen MR) is 70.6 cm³/mol. The van der Waals surface area contributed by atoms with Crippen molar-refractivity contribution in [1.82, 2.24) is 0 Å². The number of hydrogen-bond donors (Lipinski definition) is 0. The van der Waals surface area contributed by atoms with Crippen LogP contribution in [0.5, 0.6) is 5.75 Å². The fraction of sp³-hybridized carbons (Fsp3) is 0.357. The van der Waals surface area contributed by atoms with Gasteiger partial charge in [0.05, 0.1) is 18.1 Å². The number of fused-ring (bicyclic) bond motifs is 2. The Morgan fingerprint density at radius 2 is 2.22 bits per heavy atom. The average Bonchev–Trinajstić information content (AvgIpc) is 2.40. The summed E-state index contributed by atoms with van der Waals surface area (Å²) in [6, 6.07) is 5.33. The van der Waals surface area contributed by atoms with Crippen LogP contribution in [0, 0.1) is 0 Å². The molecule has 0 atom stereocenters. The van der Waals surface area contributed by atoms with Crippen molar-refractivity contribution < 1.29 is 9.15 Å². The summed E-state index contributed by atoms with van der Waals surface area (Å²) in [7, 11) is 3.55. The Morgan fingerprint density at radius 3 is 3.00 bits per heavy atom. The second kappa shape index (κ2) is 4.05. The van der Waals surface area contributed by atoms with Crippen LogP contribution in [0.3, 0.4) is 0 Å². The van der Waals surface area contributed by atoms with Crippen LogP contribution in [0.15, 0.2) is 27.4 Å². The molecule has 0 saturated heterocycles. The van der Waals surface area contributed by atoms with Gasteiger partial charge in [0.25, 0.3) is 0 Å². The molecule has 0 saturated carbocycles. The van der Waals surface area contributed by atoms with Gasteiger partial charge in [-0.15, -0.1) is 0 Å². The van der Waals surface area contributed by atoms with Crippen molar-refractivity contribution >= 4 is 16.9 Å². The van der Waals surface area contributed by atoms with Gasteiger partial charge in [0.2, 0.25) is 5.88 Å². The third-order valence-electron chi connectivity index (χ3n) is 3.44. The van der Waals surface area contributed by atoms with Crippen molar-refractivity contribution in [2.24, 2.45) is 0 Å². The van der Waals surface area contributed by atoms with E-state index in [0.717, 1.165) is 24.9 Å². The zero-order valence-corrected chi connectivity index (χ0v) is 10.5. The predicted octanol–water partition coefficient (Wildman–Crippen LogP) is 2.18. The highest BCUT2D eigenvalue weighted by atomic mass is 16.5. The molecule has 0 bridgehead atoms. The van der Waals surface area contributed by atoms with E-state index < -0.39 is 0 Å². The van der Waals surface area contributed by atoms with Gasteiger partial charge in [0, 0.05) is 19.7 Å². The van der Waals surface area contributed by atoms with Gasteiger partial charge in [-0.1, -0.05) is 0 Å². The lowest BCUT2D eigenvalue weighted by Gasteiger charge is -2.25. The standard InChI is InChI=1S/C14H15NO3/c1-15-7-3-4-11-13(16)10-6-5-9(17-2)8-12(10)18-14(11)15/h5-6,8H,3-4,7H2,1-2H3. The number of benzene rings is 1. The average molecular weight is 245 g/mol. The van der Waals surface area contributed by atoms with Gasteiger partial charge >= 0.3 is 0 Å². The Labute approximate surface area is 105 Å². The van der Waals surface area contributed by atoms with Crippen LogP contribution < -0.4 is 15.1 Å². The van der Waals surface area contributed by atoms with E-state index in [9.17, 15) is 4.79 Å². The Hall–Kier alpha value is -1.97. The Bertz CT molecular complexity index is 660. The highest BCUT2D eigenvalue weighted by molar-refractivity contribution is 5.80. The summed E-state index contributed by atoms with van der Waals surface area (Å²) in [5, 5.41) is 0.629. The van der Waals surface area contributed by atoms with E-state index in [4.69, 9.17) is 9.15 Å². The smallest absolute Gasteiger partial charge is 0.202 e. The number of hydrogen-bond acceptors (Lipinski definition) is 4. The first-order chi connectivity index (χ1) is 8.70. The molecular weight excluding hydrogens is 230 g/mol. The molecule has 18 heavy (non-hydrogen) atoms. The minimum atomic E-state index is 0.0838. The summed E-state index contributed by atoms with van der Waals surface area (Å²) in [4.78, 5) is 14.4. The summed E-state index contributed by atoms with van der Waals surface area (Å²) < 4.78 is 11.0. The maximum absolute atomic E-state index is 12.4. The van der Waals surface area contributed by atoms with Crippen LogP contribution in [0.1, 0.15) is 12.0 Å². The van der Waals surface area contributed by atoms with Gasteiger partial charge in [0.1, 0.15) is 11.3 Å². The number of anilines is 1. The van der Waals surface area contributed by atoms with Crippen LogP contribution in [0.4, 0.5) is 5.88 Å². The summed E-state index contributed by atoms with van der Waals surface area (Å²) in [5.74, 6) is 1.40. The van der Waals surface area contributed by atoms with Crippen LogP contribution in [-0.4, -0.2) is 20.7 Å². The normalized spacial score (nSPS) is 14.7. The van der Waals surface area contributed by atoms with Crippen LogP contribution in [0.2, 0.25) is 0 Å². The molecule has 1 aliphatic heterocycles. The van der Waals surface area contributed by atoms with Gasteiger partial charge in [-0.3, -0.25) is 4.79 Å². The highest BCUT2D eigenvalue weighted by Crippen LogP contribution is 2.28. The number of ether oxygens (including phenoxy) is 1. The maximum Gasteiger partial charge on any atom is 0.202 e. The van der Waals surface area contributed by atoms with Crippen LogP contribution in [-0.2, 0) is 6.42 Å². The minimum absolute atomic E-state index is 0.0838. The minimum Gasteiger partial charge on any atom is -0.497 e. The Balaban J connectivity index is 2.33. The molecule has 1 aromatic carbocycles. The molecule has 1 aromatic heterocycles. The van der Waals surface area contributed by atoms with Gasteiger partial charge in [-0.25, -0.2) is 0 Å². The SMILES string of the molecule is COc1ccc2c(=O)c3c(oc2c1)N(C)CCC3. The van der Waals surface area contributed by atoms with Crippen molar-refractivity contribution in [3.63, 3.8) is 0 Å². The van der Waals surface area contributed by atoms with Crippen molar-refractivity contribution in [3.8, 4) is 5.75 Å². The van der Waals surface area contributed by atoms with E-state index in [-0.39, 0.29) is 5.43 Å². The number of methoxy groups -OCH3 is 1. The molecule has 0 N–H and O–H groups in total. The van der Waals surface area contributed by atoms with Gasteiger partial charge in [0.15, 0.2) is 5.43 Å². The molecule has 0 aliphatic carbocycles. The molecule has 0 amide bonds. The van der Waals surface area contributed by atoms with Crippen LogP contribution in [0.25, 0.3) is 11.0 Å². The maximum atomic E-state index is 12.4. The first kappa shape index (κ1) is 11.1. The summed E-state index contributed by atoms with van der Waals surface area (Å²) in [6.07, 6.45) is 1.79. The second-order valence-corrected chi connectivity index (χ2v) is 4.60. The lowest BCUT2D eigenvalue weighted by molar-refractivity contribution is 0.414. The summed E-state index contributed by atoms with van der Waals surface area (Å²) in [6.45, 7) is 0.922. The Kier molecular flexibility index (Phi) is 2.51. The third kappa shape index (κ3) is 1.56. The third-order valence-corrected chi connectivity index (χ3v) is 3.44. The number of rotatable bonds is 1. The topological polar surface area (TPSA) is 42.7 Å². The van der Waals surface area contributed by atoms with E-state index in [1.807, 2.05) is 11.9 Å². The van der Waals surface area contributed by atoms with Gasteiger partial charge in [-0.2, -0.15) is 0 Å². The largest absolute Gasteiger partial charge is 0.497 e. The van der Waals surface area contributed by atoms with Crippen LogP contribution >= 0.6 is 0 Å². The molecule has 0 fully saturated rings. The van der Waals surface area contributed by atoms with Gasteiger partial charge < -0.3 is 14.1 Å². The first-order valence-electron chi connectivity index (χ1n) is 6.05. The zero-order valence-electron chi connectivity index (χ0n) is 10.5. The molecule has 2 heterocycles. The molecule has 4 nitrogen and oxygen atoms in total. The molecule has 0 radical (unpaired) electrons. The first-order valence-corrected chi connectivity index (χ1v) is 6.05. The van der Waals surface area contributed by atoms with E-state index in [1.54, 1.807) is 25.3 Å². The quantitative estimate of drug-likeness (QED) is 0.772. The zero-order chi connectivity index (χ0) is 12.7. The molecular formula is C14H15NO3. The van der Waals surface area contributed by atoms with E-state index in [2.05, 4.69) is 0 Å². The molecule has 4 heteroatoms. The monoisotopic (exact) mass is 245 g/mol.